The molecule has 1 aromatic rings. The van der Waals surface area contributed by atoms with Crippen LogP contribution in [0, 0.1) is 23.2 Å². The zero-order valence-electron chi connectivity index (χ0n) is 15.8. The summed E-state index contributed by atoms with van der Waals surface area (Å²) in [4.78, 5) is 0. The second kappa shape index (κ2) is 11.7. The summed E-state index contributed by atoms with van der Waals surface area (Å²) >= 11 is 0. The second-order valence-electron chi connectivity index (χ2n) is 7.35. The maximum atomic E-state index is 10.3. The third kappa shape index (κ3) is 7.30. The number of nitrogens with zero attached hydrogens (tertiary/aromatic N) is 1. The molecule has 4 heteroatoms. The van der Waals surface area contributed by atoms with Gasteiger partial charge in [0.1, 0.15) is 0 Å². The van der Waals surface area contributed by atoms with E-state index in [-0.39, 0.29) is 11.8 Å². The molecule has 0 heterocycles. The topological polar surface area (TPSA) is 84.5 Å². The second-order valence-corrected chi connectivity index (χ2v) is 7.35. The van der Waals surface area contributed by atoms with Crippen molar-refractivity contribution in [1.29, 1.82) is 5.26 Å². The van der Waals surface area contributed by atoms with Crippen LogP contribution in [-0.4, -0.2) is 33.6 Å². The van der Waals surface area contributed by atoms with Crippen LogP contribution in [0.25, 0.3) is 0 Å². The van der Waals surface area contributed by atoms with Gasteiger partial charge in [0.2, 0.25) is 0 Å². The van der Waals surface area contributed by atoms with Gasteiger partial charge in [-0.2, -0.15) is 5.26 Å². The highest BCUT2D eigenvalue weighted by Crippen LogP contribution is 2.36. The Morgan fingerprint density at radius 3 is 2.67 bits per heavy atom. The highest BCUT2D eigenvalue weighted by molar-refractivity contribution is 5.15. The summed E-state index contributed by atoms with van der Waals surface area (Å²) in [5, 5.41) is 39.3. The number of nitriles is 1. The van der Waals surface area contributed by atoms with Gasteiger partial charge < -0.3 is 15.3 Å². The van der Waals surface area contributed by atoms with Crippen molar-refractivity contribution in [3.05, 3.63) is 60.2 Å². The van der Waals surface area contributed by atoms with Crippen LogP contribution in [0.4, 0.5) is 0 Å². The largest absolute Gasteiger partial charge is 0.393 e. The predicted octanol–water partition coefficient (Wildman–Crippen LogP) is 3.53. The smallest absolute Gasteiger partial charge is 0.0724 e. The molecule has 0 saturated heterocycles. The zero-order valence-corrected chi connectivity index (χ0v) is 15.8. The maximum Gasteiger partial charge on any atom is 0.0724 e. The van der Waals surface area contributed by atoms with Crippen LogP contribution in [0.2, 0.25) is 0 Å². The van der Waals surface area contributed by atoms with E-state index in [0.717, 1.165) is 19.3 Å². The minimum atomic E-state index is -0.574. The monoisotopic (exact) mass is 369 g/mol. The van der Waals surface area contributed by atoms with Crippen molar-refractivity contribution in [3.63, 3.8) is 0 Å². The summed E-state index contributed by atoms with van der Waals surface area (Å²) in [7, 11) is 0. The molecule has 0 bridgehead atoms. The van der Waals surface area contributed by atoms with E-state index in [2.05, 4.69) is 6.07 Å². The molecule has 146 valence electrons. The van der Waals surface area contributed by atoms with Crippen LogP contribution in [0.3, 0.4) is 0 Å². The Balaban J connectivity index is 1.83. The van der Waals surface area contributed by atoms with Crippen molar-refractivity contribution in [2.75, 3.05) is 0 Å². The number of hydrogen-bond acceptors (Lipinski definition) is 4. The molecule has 1 aliphatic rings. The summed E-state index contributed by atoms with van der Waals surface area (Å²) in [6.45, 7) is 0. The Hall–Kier alpha value is -1.93. The molecule has 27 heavy (non-hydrogen) atoms. The zero-order chi connectivity index (χ0) is 19.5. The van der Waals surface area contributed by atoms with Crippen LogP contribution in [0.1, 0.15) is 44.1 Å². The summed E-state index contributed by atoms with van der Waals surface area (Å²) in [6.07, 6.45) is 10.8. The Labute approximate surface area is 162 Å². The number of hydrogen-bond donors (Lipinski definition) is 3. The molecular weight excluding hydrogens is 338 g/mol. The number of aliphatic hydroxyl groups is 3. The normalized spacial score (nSPS) is 26.6. The summed E-state index contributed by atoms with van der Waals surface area (Å²) in [6, 6.07) is 12.2. The van der Waals surface area contributed by atoms with E-state index in [9.17, 15) is 15.3 Å². The summed E-state index contributed by atoms with van der Waals surface area (Å²) in [5.41, 5.74) is 1.20. The Kier molecular flexibility index (Phi) is 9.27. The lowest BCUT2D eigenvalue weighted by molar-refractivity contribution is 0.120. The Morgan fingerprint density at radius 1 is 1.15 bits per heavy atom. The number of allylic oxidation sites excluding steroid dienone is 2. The first-order valence-electron chi connectivity index (χ1n) is 9.90. The molecule has 4 nitrogen and oxygen atoms in total. The van der Waals surface area contributed by atoms with E-state index in [1.807, 2.05) is 48.6 Å². The lowest BCUT2D eigenvalue weighted by Crippen LogP contribution is -2.20. The molecule has 3 N–H and O–H groups in total. The SMILES string of the molecule is N#CCCC/C=C\C[C@@H]1[C@@H](/C=C/[C@@H](O)CCc2ccccc2)[C@H](O)C[C@@H]1O. The number of aryl methyl sites for hydroxylation is 1. The standard InChI is InChI=1S/C23H31NO3/c24-16-8-3-1-2-7-11-20-21(23(27)17-22(20)26)15-14-19(25)13-12-18-9-5-4-6-10-18/h2,4-7,9-10,14-15,19-23,25-27H,1,3,8,11-13,17H2/b7-2-,15-14+/t19-,20+,21+,22-,23+/m0/s1. The summed E-state index contributed by atoms with van der Waals surface area (Å²) in [5.74, 6) is -0.181. The van der Waals surface area contributed by atoms with E-state index in [1.165, 1.54) is 5.56 Å². The third-order valence-electron chi connectivity index (χ3n) is 5.28. The molecule has 0 aromatic heterocycles. The summed E-state index contributed by atoms with van der Waals surface area (Å²) < 4.78 is 0. The lowest BCUT2D eigenvalue weighted by Gasteiger charge is -2.19. The number of aliphatic hydroxyl groups excluding tert-OH is 3. The minimum absolute atomic E-state index is 0.0372. The minimum Gasteiger partial charge on any atom is -0.393 e. The molecule has 0 spiro atoms. The lowest BCUT2D eigenvalue weighted by atomic mass is 9.89. The molecule has 1 saturated carbocycles. The van der Waals surface area contributed by atoms with Crippen molar-refractivity contribution in [2.24, 2.45) is 11.8 Å². The van der Waals surface area contributed by atoms with Crippen LogP contribution in [-0.2, 0) is 6.42 Å². The van der Waals surface area contributed by atoms with E-state index < -0.39 is 18.3 Å². The number of benzene rings is 1. The van der Waals surface area contributed by atoms with E-state index >= 15 is 0 Å². The molecule has 1 fully saturated rings. The molecule has 2 rings (SSSR count). The van der Waals surface area contributed by atoms with Gasteiger partial charge in [0.25, 0.3) is 0 Å². The molecular formula is C23H31NO3. The van der Waals surface area contributed by atoms with Crippen LogP contribution in [0.5, 0.6) is 0 Å². The average molecular weight is 370 g/mol. The fourth-order valence-corrected chi connectivity index (χ4v) is 3.69. The van der Waals surface area contributed by atoms with Gasteiger partial charge in [-0.05, 0) is 43.6 Å². The van der Waals surface area contributed by atoms with Gasteiger partial charge >= 0.3 is 0 Å². The van der Waals surface area contributed by atoms with Crippen molar-refractivity contribution < 1.29 is 15.3 Å². The van der Waals surface area contributed by atoms with Crippen LogP contribution in [0.15, 0.2) is 54.6 Å². The number of rotatable bonds is 10. The van der Waals surface area contributed by atoms with Crippen molar-refractivity contribution in [2.45, 2.75) is 63.3 Å². The average Bonchev–Trinajstić information content (AvgIpc) is 2.94. The molecule has 0 unspecified atom stereocenters. The van der Waals surface area contributed by atoms with Gasteiger partial charge in [0.15, 0.2) is 0 Å². The third-order valence-corrected chi connectivity index (χ3v) is 5.28. The molecule has 0 radical (unpaired) electrons. The quantitative estimate of drug-likeness (QED) is 0.435. The first-order valence-corrected chi connectivity index (χ1v) is 9.90. The fraction of sp³-hybridized carbons (Fsp3) is 0.522. The van der Waals surface area contributed by atoms with E-state index in [0.29, 0.717) is 25.7 Å². The van der Waals surface area contributed by atoms with Gasteiger partial charge in [-0.15, -0.1) is 0 Å². The predicted molar refractivity (Wildman–Crippen MR) is 107 cm³/mol. The molecule has 1 aliphatic carbocycles. The Bertz CT molecular complexity index is 635. The highest BCUT2D eigenvalue weighted by Gasteiger charge is 2.39. The van der Waals surface area contributed by atoms with Crippen LogP contribution < -0.4 is 0 Å². The first kappa shape index (κ1) is 21.4. The molecule has 0 amide bonds. The van der Waals surface area contributed by atoms with Gasteiger partial charge in [0, 0.05) is 18.8 Å². The molecule has 1 aromatic carbocycles. The highest BCUT2D eigenvalue weighted by atomic mass is 16.3. The maximum absolute atomic E-state index is 10.3. The van der Waals surface area contributed by atoms with Crippen molar-refractivity contribution in [3.8, 4) is 6.07 Å². The number of unbranched alkanes of at least 4 members (excludes halogenated alkanes) is 2. The van der Waals surface area contributed by atoms with Crippen molar-refractivity contribution >= 4 is 0 Å². The van der Waals surface area contributed by atoms with Crippen LogP contribution >= 0.6 is 0 Å². The van der Waals surface area contributed by atoms with Gasteiger partial charge in [0.05, 0.1) is 24.4 Å². The first-order chi connectivity index (χ1) is 13.1. The van der Waals surface area contributed by atoms with E-state index in [4.69, 9.17) is 5.26 Å². The van der Waals surface area contributed by atoms with Gasteiger partial charge in [-0.3, -0.25) is 0 Å². The molecule has 5 atom stereocenters. The van der Waals surface area contributed by atoms with E-state index in [1.54, 1.807) is 6.08 Å². The Morgan fingerprint density at radius 2 is 1.93 bits per heavy atom. The van der Waals surface area contributed by atoms with Gasteiger partial charge in [-0.1, -0.05) is 54.6 Å². The van der Waals surface area contributed by atoms with Crippen molar-refractivity contribution in [1.82, 2.24) is 0 Å². The fourth-order valence-electron chi connectivity index (χ4n) is 3.69. The van der Waals surface area contributed by atoms with Gasteiger partial charge in [-0.25, -0.2) is 0 Å². The molecule has 0 aliphatic heterocycles.